The standard InChI is InChI=1S/C16H25N7S2/c1-3-13-21-14-6-5-12(11-23(14)22-13)20-15(17-2)18-7-4-9-24-16-19-8-10-25-16/h8,10,12H,3-7,9,11H2,1-2H3,(H2,17,18,20). The molecule has 2 N–H and O–H groups in total. The minimum Gasteiger partial charge on any atom is -0.356 e. The lowest BCUT2D eigenvalue weighted by Crippen LogP contribution is -2.47. The second-order valence-electron chi connectivity index (χ2n) is 5.86. The molecular weight excluding hydrogens is 354 g/mol. The number of hydrogen-bond donors (Lipinski definition) is 2. The Labute approximate surface area is 156 Å². The van der Waals surface area contributed by atoms with Gasteiger partial charge in [0, 0.05) is 49.8 Å². The van der Waals surface area contributed by atoms with Crippen molar-refractivity contribution in [1.29, 1.82) is 0 Å². The summed E-state index contributed by atoms with van der Waals surface area (Å²) in [6, 6.07) is 0.342. The van der Waals surface area contributed by atoms with E-state index < -0.39 is 0 Å². The van der Waals surface area contributed by atoms with Gasteiger partial charge < -0.3 is 10.6 Å². The third kappa shape index (κ3) is 5.18. The molecule has 3 heterocycles. The number of fused-ring (bicyclic) bond motifs is 1. The fraction of sp³-hybridized carbons (Fsp3) is 0.625. The highest BCUT2D eigenvalue weighted by Crippen LogP contribution is 2.20. The summed E-state index contributed by atoms with van der Waals surface area (Å²) in [5, 5.41) is 13.5. The molecule has 0 aromatic carbocycles. The molecule has 1 aliphatic heterocycles. The van der Waals surface area contributed by atoms with Crippen LogP contribution in [0.25, 0.3) is 0 Å². The summed E-state index contributed by atoms with van der Waals surface area (Å²) in [5.41, 5.74) is 0. The number of hydrogen-bond acceptors (Lipinski definition) is 6. The van der Waals surface area contributed by atoms with E-state index in [4.69, 9.17) is 0 Å². The average molecular weight is 380 g/mol. The first-order valence-corrected chi connectivity index (χ1v) is 10.6. The number of guanidine groups is 1. The molecule has 1 atom stereocenters. The van der Waals surface area contributed by atoms with Gasteiger partial charge in [-0.15, -0.1) is 11.3 Å². The number of nitrogens with zero attached hydrogens (tertiary/aromatic N) is 5. The maximum Gasteiger partial charge on any atom is 0.191 e. The third-order valence-corrected chi connectivity index (χ3v) is 6.08. The first-order valence-electron chi connectivity index (χ1n) is 8.70. The fourth-order valence-corrected chi connectivity index (χ4v) is 4.38. The Bertz CT molecular complexity index is 681. The van der Waals surface area contributed by atoms with E-state index in [1.807, 2.05) is 35.1 Å². The Hall–Kier alpha value is -1.61. The van der Waals surface area contributed by atoms with Crippen molar-refractivity contribution in [3.8, 4) is 0 Å². The van der Waals surface area contributed by atoms with Gasteiger partial charge >= 0.3 is 0 Å². The molecule has 0 aliphatic carbocycles. The van der Waals surface area contributed by atoms with Gasteiger partial charge in [-0.2, -0.15) is 5.10 Å². The van der Waals surface area contributed by atoms with Crippen LogP contribution in [0.1, 0.15) is 31.4 Å². The maximum absolute atomic E-state index is 4.57. The van der Waals surface area contributed by atoms with Crippen LogP contribution in [0.5, 0.6) is 0 Å². The summed E-state index contributed by atoms with van der Waals surface area (Å²) >= 11 is 3.50. The Morgan fingerprint density at radius 2 is 2.44 bits per heavy atom. The minimum absolute atomic E-state index is 0.342. The van der Waals surface area contributed by atoms with Gasteiger partial charge in [0.15, 0.2) is 11.8 Å². The second kappa shape index (κ2) is 9.19. The molecular formula is C16H25N7S2. The van der Waals surface area contributed by atoms with Gasteiger partial charge in [-0.05, 0) is 12.8 Å². The van der Waals surface area contributed by atoms with E-state index in [2.05, 4.69) is 37.6 Å². The molecule has 1 aliphatic rings. The summed E-state index contributed by atoms with van der Waals surface area (Å²) < 4.78 is 3.18. The van der Waals surface area contributed by atoms with Crippen molar-refractivity contribution in [2.75, 3.05) is 19.3 Å². The van der Waals surface area contributed by atoms with Gasteiger partial charge in [-0.1, -0.05) is 18.7 Å². The molecule has 0 radical (unpaired) electrons. The minimum atomic E-state index is 0.342. The third-order valence-electron chi connectivity index (χ3n) is 4.03. The Kier molecular flexibility index (Phi) is 6.69. The number of aromatic nitrogens is 4. The molecule has 0 spiro atoms. The van der Waals surface area contributed by atoms with E-state index in [-0.39, 0.29) is 0 Å². The average Bonchev–Trinajstić information content (AvgIpc) is 3.29. The monoisotopic (exact) mass is 379 g/mol. The zero-order chi connectivity index (χ0) is 17.5. The Morgan fingerprint density at radius 3 is 3.20 bits per heavy atom. The van der Waals surface area contributed by atoms with Gasteiger partial charge in [-0.25, -0.2) is 14.6 Å². The molecule has 2 aromatic heterocycles. The first kappa shape index (κ1) is 18.2. The van der Waals surface area contributed by atoms with Gasteiger partial charge in [0.1, 0.15) is 10.2 Å². The SMILES string of the molecule is CCc1nc2n(n1)CC(NC(=NC)NCCCSc1nccs1)CC2. The maximum atomic E-state index is 4.57. The van der Waals surface area contributed by atoms with Crippen LogP contribution in [-0.2, 0) is 19.4 Å². The summed E-state index contributed by atoms with van der Waals surface area (Å²) in [7, 11) is 1.82. The molecule has 3 rings (SSSR count). The molecule has 136 valence electrons. The van der Waals surface area contributed by atoms with Crippen LogP contribution in [-0.4, -0.2) is 51.1 Å². The highest BCUT2D eigenvalue weighted by Gasteiger charge is 2.21. The van der Waals surface area contributed by atoms with E-state index in [1.54, 1.807) is 11.3 Å². The van der Waals surface area contributed by atoms with Crippen LogP contribution in [0.3, 0.4) is 0 Å². The topological polar surface area (TPSA) is 80.0 Å². The van der Waals surface area contributed by atoms with Crippen molar-refractivity contribution in [2.45, 2.75) is 49.5 Å². The number of aliphatic imine (C=N–C) groups is 1. The van der Waals surface area contributed by atoms with E-state index in [0.29, 0.717) is 6.04 Å². The number of thiazole rings is 1. The van der Waals surface area contributed by atoms with Crippen LogP contribution in [0, 0.1) is 0 Å². The van der Waals surface area contributed by atoms with E-state index in [9.17, 15) is 0 Å². The zero-order valence-corrected chi connectivity index (χ0v) is 16.4. The van der Waals surface area contributed by atoms with Gasteiger partial charge in [0.2, 0.25) is 0 Å². The predicted octanol–water partition coefficient (Wildman–Crippen LogP) is 1.96. The van der Waals surface area contributed by atoms with Crippen LogP contribution >= 0.6 is 23.1 Å². The van der Waals surface area contributed by atoms with Gasteiger partial charge in [0.05, 0.1) is 6.54 Å². The number of rotatable bonds is 7. The largest absolute Gasteiger partial charge is 0.356 e. The first-order chi connectivity index (χ1) is 12.3. The van der Waals surface area contributed by atoms with Gasteiger partial charge in [0.25, 0.3) is 0 Å². The molecule has 0 saturated carbocycles. The van der Waals surface area contributed by atoms with Crippen molar-refractivity contribution in [1.82, 2.24) is 30.4 Å². The molecule has 1 unspecified atom stereocenters. The van der Waals surface area contributed by atoms with E-state index >= 15 is 0 Å². The van der Waals surface area contributed by atoms with Gasteiger partial charge in [-0.3, -0.25) is 4.99 Å². The number of aryl methyl sites for hydroxylation is 2. The van der Waals surface area contributed by atoms with Crippen LogP contribution in [0.2, 0.25) is 0 Å². The zero-order valence-electron chi connectivity index (χ0n) is 14.7. The van der Waals surface area contributed by atoms with Crippen molar-refractivity contribution >= 4 is 29.1 Å². The molecule has 2 aromatic rings. The van der Waals surface area contributed by atoms with Crippen molar-refractivity contribution in [3.05, 3.63) is 23.2 Å². The lowest BCUT2D eigenvalue weighted by molar-refractivity contribution is 0.392. The van der Waals surface area contributed by atoms with Crippen molar-refractivity contribution in [2.24, 2.45) is 4.99 Å². The summed E-state index contributed by atoms with van der Waals surface area (Å²) in [4.78, 5) is 13.2. The molecule has 25 heavy (non-hydrogen) atoms. The molecule has 7 nitrogen and oxygen atoms in total. The number of nitrogens with one attached hydrogen (secondary N) is 2. The fourth-order valence-electron chi connectivity index (χ4n) is 2.74. The summed E-state index contributed by atoms with van der Waals surface area (Å²) in [6.45, 7) is 3.85. The number of thioether (sulfide) groups is 1. The summed E-state index contributed by atoms with van der Waals surface area (Å²) in [5.74, 6) is 3.97. The molecule has 0 amide bonds. The predicted molar refractivity (Wildman–Crippen MR) is 103 cm³/mol. The van der Waals surface area contributed by atoms with Crippen LogP contribution in [0.4, 0.5) is 0 Å². The van der Waals surface area contributed by atoms with E-state index in [1.165, 1.54) is 0 Å². The molecule has 0 bridgehead atoms. The molecule has 0 saturated heterocycles. The Morgan fingerprint density at radius 1 is 1.52 bits per heavy atom. The lowest BCUT2D eigenvalue weighted by atomic mass is 10.1. The van der Waals surface area contributed by atoms with Crippen LogP contribution in [0.15, 0.2) is 20.9 Å². The highest BCUT2D eigenvalue weighted by molar-refractivity contribution is 8.00. The molecule has 0 fully saturated rings. The van der Waals surface area contributed by atoms with Crippen molar-refractivity contribution in [3.63, 3.8) is 0 Å². The van der Waals surface area contributed by atoms with E-state index in [0.717, 1.165) is 66.5 Å². The second-order valence-corrected chi connectivity index (χ2v) is 8.10. The summed E-state index contributed by atoms with van der Waals surface area (Å²) in [6.07, 6.45) is 5.84. The lowest BCUT2D eigenvalue weighted by Gasteiger charge is -2.25. The molecule has 9 heteroatoms. The Balaban J connectivity index is 1.39. The quantitative estimate of drug-likeness (QED) is 0.331. The smallest absolute Gasteiger partial charge is 0.191 e. The normalized spacial score (nSPS) is 17.4. The van der Waals surface area contributed by atoms with Crippen molar-refractivity contribution < 1.29 is 0 Å². The highest BCUT2D eigenvalue weighted by atomic mass is 32.2. The van der Waals surface area contributed by atoms with Crippen LogP contribution < -0.4 is 10.6 Å².